The van der Waals surface area contributed by atoms with Crippen LogP contribution in [0.25, 0.3) is 10.9 Å². The van der Waals surface area contributed by atoms with Crippen molar-refractivity contribution in [2.45, 2.75) is 20.0 Å². The van der Waals surface area contributed by atoms with Crippen molar-refractivity contribution >= 4 is 28.3 Å². The summed E-state index contributed by atoms with van der Waals surface area (Å²) in [5.41, 5.74) is 2.49. The van der Waals surface area contributed by atoms with Crippen LogP contribution in [-0.4, -0.2) is 58.2 Å². The molecule has 0 saturated carbocycles. The summed E-state index contributed by atoms with van der Waals surface area (Å²) in [6.07, 6.45) is 2.36. The van der Waals surface area contributed by atoms with E-state index in [2.05, 4.69) is 26.3 Å². The van der Waals surface area contributed by atoms with E-state index in [9.17, 15) is 10.1 Å². The molecule has 192 valence electrons. The number of anilines is 2. The third-order valence-corrected chi connectivity index (χ3v) is 6.07. The number of benzene rings is 2. The van der Waals surface area contributed by atoms with Crippen molar-refractivity contribution in [3.8, 4) is 23.3 Å². The summed E-state index contributed by atoms with van der Waals surface area (Å²) in [6.45, 7) is 5.74. The molecule has 5 rings (SSSR count). The van der Waals surface area contributed by atoms with Crippen LogP contribution in [0.1, 0.15) is 18.2 Å². The molecule has 38 heavy (non-hydrogen) atoms. The van der Waals surface area contributed by atoms with Crippen molar-refractivity contribution in [2.24, 2.45) is 0 Å². The molecule has 1 aliphatic heterocycles. The molecule has 1 saturated heterocycles. The van der Waals surface area contributed by atoms with E-state index in [4.69, 9.17) is 14.2 Å². The molecular formula is C28H26N6O4. The van der Waals surface area contributed by atoms with Crippen molar-refractivity contribution in [3.63, 3.8) is 0 Å². The lowest BCUT2D eigenvalue weighted by atomic mass is 10.1. The number of aryl methyl sites for hydroxylation is 1. The van der Waals surface area contributed by atoms with Gasteiger partial charge < -0.3 is 24.4 Å². The molecule has 1 amide bonds. The Morgan fingerprint density at radius 2 is 1.95 bits per heavy atom. The average Bonchev–Trinajstić information content (AvgIpc) is 2.95. The number of pyridine rings is 1. The highest BCUT2D eigenvalue weighted by atomic mass is 16.5. The molecule has 2 aromatic carbocycles. The molecule has 4 aromatic rings. The fourth-order valence-corrected chi connectivity index (χ4v) is 4.12. The summed E-state index contributed by atoms with van der Waals surface area (Å²) in [5.74, 6) is 1.81. The van der Waals surface area contributed by atoms with E-state index in [1.807, 2.05) is 25.1 Å². The normalized spacial score (nSPS) is 14.0. The highest BCUT2D eigenvalue weighted by Crippen LogP contribution is 2.34. The smallest absolute Gasteiger partial charge is 0.263 e. The van der Waals surface area contributed by atoms with Crippen LogP contribution >= 0.6 is 0 Å². The summed E-state index contributed by atoms with van der Waals surface area (Å²) in [7, 11) is 0. The van der Waals surface area contributed by atoms with Gasteiger partial charge in [-0.05, 0) is 56.3 Å². The Morgan fingerprint density at radius 1 is 1.11 bits per heavy atom. The number of morpholine rings is 1. The second-order valence-corrected chi connectivity index (χ2v) is 8.76. The fraction of sp³-hybridized carbons (Fsp3) is 0.250. The maximum Gasteiger partial charge on any atom is 0.263 e. The standard InChI is InChI=1S/C28H26N6O4/c1-18-6-8-22(16-30-18)38-24-9-7-21(14-20(24)15-29)33-27-26-23(31-17-32-27)4-3-5-25(26)37-19(2)28(35)34-10-12-36-13-11-34/h3-9,14,16-17,19H,10-13H2,1-2H3,(H,31,32,33)/t19-/m1/s1. The Bertz CT molecular complexity index is 1490. The summed E-state index contributed by atoms with van der Waals surface area (Å²) in [4.78, 5) is 27.7. The summed E-state index contributed by atoms with van der Waals surface area (Å²) < 4.78 is 17.3. The summed E-state index contributed by atoms with van der Waals surface area (Å²) in [5, 5.41) is 13.6. The minimum atomic E-state index is -0.704. The van der Waals surface area contributed by atoms with Crippen LogP contribution in [0.5, 0.6) is 17.2 Å². The van der Waals surface area contributed by atoms with Crippen LogP contribution in [0.15, 0.2) is 61.1 Å². The maximum atomic E-state index is 12.9. The molecule has 0 bridgehead atoms. The average molecular weight is 511 g/mol. The lowest BCUT2D eigenvalue weighted by Crippen LogP contribution is -2.46. The number of rotatable bonds is 7. The van der Waals surface area contributed by atoms with Gasteiger partial charge in [0.05, 0.1) is 35.9 Å². The number of nitriles is 1. The minimum absolute atomic E-state index is 0.102. The number of hydrogen-bond acceptors (Lipinski definition) is 9. The van der Waals surface area contributed by atoms with E-state index in [1.54, 1.807) is 48.4 Å². The Labute approximate surface area is 219 Å². The minimum Gasteiger partial charge on any atom is -0.480 e. The van der Waals surface area contributed by atoms with E-state index < -0.39 is 6.10 Å². The highest BCUT2D eigenvalue weighted by Gasteiger charge is 2.25. The van der Waals surface area contributed by atoms with Gasteiger partial charge >= 0.3 is 0 Å². The van der Waals surface area contributed by atoms with Crippen molar-refractivity contribution in [1.29, 1.82) is 5.26 Å². The van der Waals surface area contributed by atoms with E-state index >= 15 is 0 Å². The van der Waals surface area contributed by atoms with Gasteiger partial charge in [0.2, 0.25) is 0 Å². The number of ether oxygens (including phenoxy) is 3. The van der Waals surface area contributed by atoms with Gasteiger partial charge in [0, 0.05) is 24.5 Å². The SMILES string of the molecule is Cc1ccc(Oc2ccc(Nc3ncnc4cccc(O[C@H](C)C(=O)N5CCOCC5)c34)cc2C#N)cn1. The zero-order chi connectivity index (χ0) is 26.5. The molecule has 0 unspecified atom stereocenters. The number of carbonyl (C=O) groups excluding carboxylic acids is 1. The first-order valence-electron chi connectivity index (χ1n) is 12.2. The van der Waals surface area contributed by atoms with Crippen molar-refractivity contribution in [1.82, 2.24) is 19.9 Å². The number of nitrogens with one attached hydrogen (secondary N) is 1. The molecule has 0 radical (unpaired) electrons. The highest BCUT2D eigenvalue weighted by molar-refractivity contribution is 5.96. The van der Waals surface area contributed by atoms with Gasteiger partial charge in [0.15, 0.2) is 6.10 Å². The Balaban J connectivity index is 1.40. The monoisotopic (exact) mass is 510 g/mol. The Hall–Kier alpha value is -4.75. The second kappa shape index (κ2) is 11.1. The molecule has 1 atom stereocenters. The van der Waals surface area contributed by atoms with E-state index in [-0.39, 0.29) is 5.91 Å². The lowest BCUT2D eigenvalue weighted by molar-refractivity contribution is -0.142. The third kappa shape index (κ3) is 5.48. The predicted octanol–water partition coefficient (Wildman–Crippen LogP) is 4.37. The molecule has 3 heterocycles. The second-order valence-electron chi connectivity index (χ2n) is 8.76. The Morgan fingerprint density at radius 3 is 2.71 bits per heavy atom. The van der Waals surface area contributed by atoms with E-state index in [0.717, 1.165) is 5.69 Å². The third-order valence-electron chi connectivity index (χ3n) is 6.07. The largest absolute Gasteiger partial charge is 0.480 e. The van der Waals surface area contributed by atoms with Crippen LogP contribution in [0.4, 0.5) is 11.5 Å². The molecule has 1 aliphatic rings. The molecule has 0 spiro atoms. The molecule has 1 N–H and O–H groups in total. The zero-order valence-corrected chi connectivity index (χ0v) is 21.0. The van der Waals surface area contributed by atoms with Gasteiger partial charge in [0.25, 0.3) is 5.91 Å². The summed E-state index contributed by atoms with van der Waals surface area (Å²) >= 11 is 0. The first kappa shape index (κ1) is 24.9. The van der Waals surface area contributed by atoms with Crippen LogP contribution in [-0.2, 0) is 9.53 Å². The van der Waals surface area contributed by atoms with Crippen LogP contribution in [0.3, 0.4) is 0 Å². The zero-order valence-electron chi connectivity index (χ0n) is 21.0. The first-order chi connectivity index (χ1) is 18.5. The summed E-state index contributed by atoms with van der Waals surface area (Å²) in [6, 6.07) is 16.5. The van der Waals surface area contributed by atoms with E-state index in [0.29, 0.717) is 71.5 Å². The number of amides is 1. The number of nitrogens with zero attached hydrogens (tertiary/aromatic N) is 5. The molecule has 1 fully saturated rings. The van der Waals surface area contributed by atoms with Crippen LogP contribution < -0.4 is 14.8 Å². The van der Waals surface area contributed by atoms with Gasteiger partial charge in [-0.3, -0.25) is 9.78 Å². The van der Waals surface area contributed by atoms with Gasteiger partial charge in [-0.1, -0.05) is 6.07 Å². The first-order valence-corrected chi connectivity index (χ1v) is 12.2. The number of fused-ring (bicyclic) bond motifs is 1. The van der Waals surface area contributed by atoms with Crippen LogP contribution in [0, 0.1) is 18.3 Å². The maximum absolute atomic E-state index is 12.9. The molecule has 0 aliphatic carbocycles. The van der Waals surface area contributed by atoms with Crippen molar-refractivity contribution in [2.75, 3.05) is 31.6 Å². The van der Waals surface area contributed by atoms with Crippen LogP contribution in [0.2, 0.25) is 0 Å². The Kier molecular flexibility index (Phi) is 7.28. The fourth-order valence-electron chi connectivity index (χ4n) is 4.12. The number of aromatic nitrogens is 3. The molecular weight excluding hydrogens is 484 g/mol. The molecule has 2 aromatic heterocycles. The predicted molar refractivity (Wildman–Crippen MR) is 141 cm³/mol. The van der Waals surface area contributed by atoms with Gasteiger partial charge in [-0.15, -0.1) is 0 Å². The van der Waals surface area contributed by atoms with Gasteiger partial charge in [-0.25, -0.2) is 9.97 Å². The molecule has 10 heteroatoms. The number of hydrogen-bond donors (Lipinski definition) is 1. The van der Waals surface area contributed by atoms with Crippen molar-refractivity contribution < 1.29 is 19.0 Å². The van der Waals surface area contributed by atoms with E-state index in [1.165, 1.54) is 6.33 Å². The lowest BCUT2D eigenvalue weighted by Gasteiger charge is -2.29. The topological polar surface area (TPSA) is 122 Å². The van der Waals surface area contributed by atoms with Crippen molar-refractivity contribution in [3.05, 3.63) is 72.3 Å². The van der Waals surface area contributed by atoms with Gasteiger partial charge in [0.1, 0.15) is 35.5 Å². The van der Waals surface area contributed by atoms with Gasteiger partial charge in [-0.2, -0.15) is 5.26 Å². The number of carbonyl (C=O) groups is 1. The quantitative estimate of drug-likeness (QED) is 0.386. The molecule has 10 nitrogen and oxygen atoms in total.